The quantitative estimate of drug-likeness (QED) is 0.371. The van der Waals surface area contributed by atoms with Gasteiger partial charge in [0.1, 0.15) is 11.5 Å². The highest BCUT2D eigenvalue weighted by Gasteiger charge is 2.31. The molecule has 2 heterocycles. The third kappa shape index (κ3) is 8.05. The summed E-state index contributed by atoms with van der Waals surface area (Å²) in [6.45, 7) is 7.29. The van der Waals surface area contributed by atoms with E-state index < -0.39 is 5.92 Å². The van der Waals surface area contributed by atoms with Crippen molar-refractivity contribution in [2.75, 3.05) is 26.2 Å². The average Bonchev–Trinajstić information content (AvgIpc) is 3.65. The second-order valence-electron chi connectivity index (χ2n) is 9.83. The van der Waals surface area contributed by atoms with Crippen molar-refractivity contribution in [3.63, 3.8) is 0 Å². The van der Waals surface area contributed by atoms with E-state index in [1.807, 2.05) is 26.8 Å². The first-order valence-electron chi connectivity index (χ1n) is 13.7. The second kappa shape index (κ2) is 13.9. The summed E-state index contributed by atoms with van der Waals surface area (Å²) in [4.78, 5) is 39.8. The molecule has 5 N–H and O–H groups in total. The number of aromatic hydroxyl groups is 1. The van der Waals surface area contributed by atoms with Crippen molar-refractivity contribution >= 4 is 17.7 Å². The molecule has 208 valence electrons. The lowest BCUT2D eigenvalue weighted by Gasteiger charge is -2.34. The zero-order valence-corrected chi connectivity index (χ0v) is 22.7. The molecule has 1 aromatic carbocycles. The van der Waals surface area contributed by atoms with Crippen LogP contribution in [0.15, 0.2) is 28.8 Å². The number of piperidine rings is 1. The number of nitrogens with zero attached hydrogens (tertiary/aromatic N) is 2. The van der Waals surface area contributed by atoms with Crippen LogP contribution in [-0.4, -0.2) is 65.1 Å². The molecule has 10 nitrogen and oxygen atoms in total. The number of aromatic nitrogens is 1. The number of nitrogens with one attached hydrogen (secondary N) is 2. The third-order valence-corrected chi connectivity index (χ3v) is 6.89. The number of aryl methyl sites for hydroxylation is 1. The van der Waals surface area contributed by atoms with Gasteiger partial charge in [-0.2, -0.15) is 0 Å². The Hall–Kier alpha value is -3.40. The van der Waals surface area contributed by atoms with Gasteiger partial charge in [-0.25, -0.2) is 0 Å². The van der Waals surface area contributed by atoms with E-state index in [1.165, 1.54) is 0 Å². The Labute approximate surface area is 224 Å². The summed E-state index contributed by atoms with van der Waals surface area (Å²) in [7, 11) is 0. The SMILES string of the molecule is CC.Cc1cc(CC(CNC(=O)CCN)C(=O)N2CCC(NC(=O)c3cc(C4CC4)on3)CC2)ccc1O. The maximum Gasteiger partial charge on any atom is 0.273 e. The van der Waals surface area contributed by atoms with Crippen molar-refractivity contribution in [2.24, 2.45) is 11.7 Å². The van der Waals surface area contributed by atoms with E-state index in [4.69, 9.17) is 10.3 Å². The minimum Gasteiger partial charge on any atom is -0.508 e. The minimum atomic E-state index is -0.446. The molecule has 0 radical (unpaired) electrons. The van der Waals surface area contributed by atoms with Gasteiger partial charge >= 0.3 is 0 Å². The predicted octanol–water partition coefficient (Wildman–Crippen LogP) is 2.64. The molecule has 10 heteroatoms. The van der Waals surface area contributed by atoms with E-state index in [0.29, 0.717) is 44.0 Å². The molecule has 3 amide bonds. The van der Waals surface area contributed by atoms with Crippen LogP contribution in [0.1, 0.15) is 79.2 Å². The van der Waals surface area contributed by atoms with Gasteiger partial charge in [-0.1, -0.05) is 31.1 Å². The number of carbonyl (C=O) groups is 3. The number of nitrogens with two attached hydrogens (primary N) is 1. The molecule has 1 saturated heterocycles. The summed E-state index contributed by atoms with van der Waals surface area (Å²) in [5.74, 6) is 0.453. The van der Waals surface area contributed by atoms with Crippen LogP contribution < -0.4 is 16.4 Å². The van der Waals surface area contributed by atoms with E-state index in [-0.39, 0.29) is 49.0 Å². The number of hydrogen-bond acceptors (Lipinski definition) is 7. The maximum absolute atomic E-state index is 13.4. The summed E-state index contributed by atoms with van der Waals surface area (Å²) in [5.41, 5.74) is 7.42. The molecular formula is C28H41N5O5. The number of benzene rings is 1. The lowest BCUT2D eigenvalue weighted by atomic mass is 9.94. The Bertz CT molecular complexity index is 1090. The summed E-state index contributed by atoms with van der Waals surface area (Å²) in [6.07, 6.45) is 4.07. The van der Waals surface area contributed by atoms with Crippen molar-refractivity contribution in [1.29, 1.82) is 0 Å². The number of amides is 3. The van der Waals surface area contributed by atoms with Crippen LogP contribution in [0.25, 0.3) is 0 Å². The lowest BCUT2D eigenvalue weighted by Crippen LogP contribution is -2.49. The van der Waals surface area contributed by atoms with Crippen LogP contribution >= 0.6 is 0 Å². The largest absolute Gasteiger partial charge is 0.508 e. The van der Waals surface area contributed by atoms with E-state index in [0.717, 1.165) is 29.7 Å². The number of hydrogen-bond donors (Lipinski definition) is 4. The molecule has 0 spiro atoms. The number of carbonyl (C=O) groups excluding carboxylic acids is 3. The lowest BCUT2D eigenvalue weighted by molar-refractivity contribution is -0.136. The predicted molar refractivity (Wildman–Crippen MR) is 144 cm³/mol. The highest BCUT2D eigenvalue weighted by Crippen LogP contribution is 2.40. The first-order valence-corrected chi connectivity index (χ1v) is 13.7. The minimum absolute atomic E-state index is 0.0378. The zero-order valence-electron chi connectivity index (χ0n) is 22.7. The van der Waals surface area contributed by atoms with E-state index >= 15 is 0 Å². The molecule has 1 atom stereocenters. The maximum atomic E-state index is 13.4. The van der Waals surface area contributed by atoms with Gasteiger partial charge in [0.05, 0.1) is 5.92 Å². The molecular weight excluding hydrogens is 486 g/mol. The van der Waals surface area contributed by atoms with E-state index in [2.05, 4.69) is 15.8 Å². The van der Waals surface area contributed by atoms with Crippen molar-refractivity contribution in [3.05, 3.63) is 46.8 Å². The highest BCUT2D eigenvalue weighted by molar-refractivity contribution is 5.92. The van der Waals surface area contributed by atoms with Gasteiger partial charge in [0.25, 0.3) is 5.91 Å². The number of phenols is 1. The summed E-state index contributed by atoms with van der Waals surface area (Å²) >= 11 is 0. The van der Waals surface area contributed by atoms with Crippen molar-refractivity contribution in [1.82, 2.24) is 20.7 Å². The van der Waals surface area contributed by atoms with Gasteiger partial charge in [0.2, 0.25) is 11.8 Å². The molecule has 1 aliphatic carbocycles. The van der Waals surface area contributed by atoms with Gasteiger partial charge in [-0.05, 0) is 56.2 Å². The summed E-state index contributed by atoms with van der Waals surface area (Å²) < 4.78 is 5.28. The Kier molecular flexibility index (Phi) is 10.7. The third-order valence-electron chi connectivity index (χ3n) is 6.89. The van der Waals surface area contributed by atoms with Crippen LogP contribution in [0.4, 0.5) is 0 Å². The standard InChI is InChI=1S/C26H35N5O5.C2H6/c1-16-12-17(2-5-22(16)32)13-19(15-28-24(33)6-9-27)26(35)31-10-7-20(8-11-31)29-25(34)21-14-23(36-30-21)18-3-4-18;1-2/h2,5,12,14,18-20,32H,3-4,6-11,13,15,27H2,1H3,(H,28,33)(H,29,34);1-2H3. The second-order valence-corrected chi connectivity index (χ2v) is 9.83. The topological polar surface area (TPSA) is 151 Å². The first-order chi connectivity index (χ1) is 18.3. The van der Waals surface area contributed by atoms with Gasteiger partial charge < -0.3 is 30.9 Å². The van der Waals surface area contributed by atoms with Gasteiger partial charge in [0.15, 0.2) is 5.69 Å². The first kappa shape index (κ1) is 29.2. The zero-order chi connectivity index (χ0) is 27.7. The normalized spacial score (nSPS) is 16.3. The molecule has 2 aromatic rings. The van der Waals surface area contributed by atoms with Crippen molar-refractivity contribution in [3.8, 4) is 5.75 Å². The molecule has 1 saturated carbocycles. The van der Waals surface area contributed by atoms with Crippen LogP contribution in [-0.2, 0) is 16.0 Å². The van der Waals surface area contributed by atoms with Crippen LogP contribution in [0.3, 0.4) is 0 Å². The molecule has 1 aliphatic heterocycles. The molecule has 38 heavy (non-hydrogen) atoms. The van der Waals surface area contributed by atoms with Gasteiger partial charge in [-0.15, -0.1) is 0 Å². The molecule has 4 rings (SSSR count). The van der Waals surface area contributed by atoms with Crippen LogP contribution in [0.2, 0.25) is 0 Å². The van der Waals surface area contributed by atoms with Crippen molar-refractivity contribution < 1.29 is 24.0 Å². The molecule has 0 bridgehead atoms. The van der Waals surface area contributed by atoms with Crippen molar-refractivity contribution in [2.45, 2.75) is 71.3 Å². The summed E-state index contributed by atoms with van der Waals surface area (Å²) in [5, 5.41) is 19.6. The van der Waals surface area contributed by atoms with E-state index in [1.54, 1.807) is 23.1 Å². The fourth-order valence-electron chi connectivity index (χ4n) is 4.55. The van der Waals surface area contributed by atoms with Gasteiger partial charge in [-0.3, -0.25) is 14.4 Å². The average molecular weight is 528 g/mol. The van der Waals surface area contributed by atoms with E-state index in [9.17, 15) is 19.5 Å². The smallest absolute Gasteiger partial charge is 0.273 e. The Balaban J connectivity index is 0.00000195. The number of phenolic OH excluding ortho intramolecular Hbond substituents is 1. The van der Waals surface area contributed by atoms with Crippen LogP contribution in [0.5, 0.6) is 5.75 Å². The summed E-state index contributed by atoms with van der Waals surface area (Å²) in [6, 6.07) is 6.95. The number of likely N-dealkylation sites (tertiary alicyclic amines) is 1. The highest BCUT2D eigenvalue weighted by atomic mass is 16.5. The fourth-order valence-corrected chi connectivity index (χ4v) is 4.55. The molecule has 2 fully saturated rings. The molecule has 2 aliphatic rings. The number of rotatable bonds is 10. The molecule has 1 aromatic heterocycles. The Morgan fingerprint density at radius 1 is 1.16 bits per heavy atom. The van der Waals surface area contributed by atoms with Gasteiger partial charge in [0, 0.05) is 50.6 Å². The monoisotopic (exact) mass is 527 g/mol. The molecule has 1 unspecified atom stereocenters. The Morgan fingerprint density at radius 2 is 1.87 bits per heavy atom. The fraction of sp³-hybridized carbons (Fsp3) is 0.571. The Morgan fingerprint density at radius 3 is 2.50 bits per heavy atom. The van der Waals surface area contributed by atoms with Crippen LogP contribution in [0, 0.1) is 12.8 Å².